The van der Waals surface area contributed by atoms with Gasteiger partial charge >= 0.3 is 0 Å². The molecular weight excluding hydrogens is 258 g/mol. The lowest BCUT2D eigenvalue weighted by Crippen LogP contribution is -2.17. The second-order valence-corrected chi connectivity index (χ2v) is 5.48. The van der Waals surface area contributed by atoms with E-state index >= 15 is 0 Å². The molecule has 0 aliphatic carbocycles. The van der Waals surface area contributed by atoms with Gasteiger partial charge in [0.25, 0.3) is 0 Å². The second-order valence-electron chi connectivity index (χ2n) is 5.48. The maximum atomic E-state index is 5.98. The molecule has 0 heterocycles. The predicted octanol–water partition coefficient (Wildman–Crippen LogP) is 4.03. The molecule has 2 aromatic rings. The molecule has 2 nitrogen and oxygen atoms in total. The van der Waals surface area contributed by atoms with Crippen LogP contribution in [0, 0.1) is 13.8 Å². The Morgan fingerprint density at radius 3 is 2.29 bits per heavy atom. The highest BCUT2D eigenvalue weighted by Gasteiger charge is 2.03. The minimum Gasteiger partial charge on any atom is -0.489 e. The predicted molar refractivity (Wildman–Crippen MR) is 88.9 cm³/mol. The Bertz CT molecular complexity index is 557. The smallest absolute Gasteiger partial charge is 0.120 e. The lowest BCUT2D eigenvalue weighted by Gasteiger charge is -2.12. The third kappa shape index (κ3) is 4.91. The number of likely N-dealkylation sites (N-methyl/N-ethyl adjacent to an activating group) is 1. The molecule has 2 rings (SSSR count). The Morgan fingerprint density at radius 2 is 1.62 bits per heavy atom. The molecule has 112 valence electrons. The average Bonchev–Trinajstić information content (AvgIpc) is 2.45. The molecule has 2 heteroatoms. The Morgan fingerprint density at radius 1 is 0.952 bits per heavy atom. The van der Waals surface area contributed by atoms with Crippen molar-refractivity contribution in [3.8, 4) is 5.75 Å². The zero-order valence-corrected chi connectivity index (χ0v) is 13.3. The van der Waals surface area contributed by atoms with Crippen LogP contribution in [0.5, 0.6) is 5.75 Å². The van der Waals surface area contributed by atoms with Crippen LogP contribution in [0.15, 0.2) is 42.5 Å². The van der Waals surface area contributed by atoms with E-state index in [1.54, 1.807) is 0 Å². The first-order valence-electron chi connectivity index (χ1n) is 7.67. The molecule has 0 saturated heterocycles. The molecule has 0 saturated carbocycles. The highest BCUT2D eigenvalue weighted by molar-refractivity contribution is 5.34. The van der Waals surface area contributed by atoms with E-state index in [1.165, 1.54) is 22.3 Å². The van der Waals surface area contributed by atoms with Gasteiger partial charge in [-0.15, -0.1) is 0 Å². The van der Waals surface area contributed by atoms with Gasteiger partial charge in [-0.25, -0.2) is 0 Å². The van der Waals surface area contributed by atoms with Crippen molar-refractivity contribution in [3.63, 3.8) is 0 Å². The standard InChI is InChI=1S/C19H25NO/c1-4-20-10-9-17-7-5-6-8-18(17)14-21-19-12-15(2)11-16(3)13-19/h5-8,11-13,20H,4,9-10,14H2,1-3H3. The molecule has 1 N–H and O–H groups in total. The third-order valence-electron chi connectivity index (χ3n) is 3.53. The maximum absolute atomic E-state index is 5.98. The molecule has 0 fully saturated rings. The van der Waals surface area contributed by atoms with Crippen molar-refractivity contribution in [3.05, 3.63) is 64.7 Å². The number of ether oxygens (including phenoxy) is 1. The van der Waals surface area contributed by atoms with Crippen LogP contribution in [0.4, 0.5) is 0 Å². The summed E-state index contributed by atoms with van der Waals surface area (Å²) in [7, 11) is 0. The van der Waals surface area contributed by atoms with Crippen LogP contribution < -0.4 is 10.1 Å². The minimum absolute atomic E-state index is 0.630. The van der Waals surface area contributed by atoms with Crippen LogP contribution in [0.3, 0.4) is 0 Å². The van der Waals surface area contributed by atoms with Crippen molar-refractivity contribution in [2.24, 2.45) is 0 Å². The first-order valence-corrected chi connectivity index (χ1v) is 7.67. The molecule has 0 spiro atoms. The number of nitrogens with one attached hydrogen (secondary N) is 1. The molecule has 0 aliphatic heterocycles. The van der Waals surface area contributed by atoms with Gasteiger partial charge in [0.2, 0.25) is 0 Å². The molecule has 0 unspecified atom stereocenters. The Kier molecular flexibility index (Phi) is 5.82. The number of aryl methyl sites for hydroxylation is 2. The Labute approximate surface area is 128 Å². The van der Waals surface area contributed by atoms with Crippen molar-refractivity contribution in [1.82, 2.24) is 5.32 Å². The van der Waals surface area contributed by atoms with Crippen LogP contribution in [0.25, 0.3) is 0 Å². The van der Waals surface area contributed by atoms with E-state index in [4.69, 9.17) is 4.74 Å². The molecule has 0 aromatic heterocycles. The summed E-state index contributed by atoms with van der Waals surface area (Å²) in [4.78, 5) is 0. The summed E-state index contributed by atoms with van der Waals surface area (Å²) in [6, 6.07) is 14.9. The SMILES string of the molecule is CCNCCc1ccccc1COc1cc(C)cc(C)c1. The van der Waals surface area contributed by atoms with E-state index < -0.39 is 0 Å². The lowest BCUT2D eigenvalue weighted by atomic mass is 10.1. The summed E-state index contributed by atoms with van der Waals surface area (Å²) in [5, 5.41) is 3.37. The van der Waals surface area contributed by atoms with E-state index in [0.717, 1.165) is 25.3 Å². The molecule has 0 atom stereocenters. The van der Waals surface area contributed by atoms with Crippen LogP contribution in [0.2, 0.25) is 0 Å². The Balaban J connectivity index is 2.02. The molecule has 0 bridgehead atoms. The number of rotatable bonds is 7. The summed E-state index contributed by atoms with van der Waals surface area (Å²) >= 11 is 0. The minimum atomic E-state index is 0.630. The molecule has 21 heavy (non-hydrogen) atoms. The summed E-state index contributed by atoms with van der Waals surface area (Å²) in [6.07, 6.45) is 1.04. The van der Waals surface area contributed by atoms with E-state index in [2.05, 4.69) is 68.6 Å². The monoisotopic (exact) mass is 283 g/mol. The second kappa shape index (κ2) is 7.84. The third-order valence-corrected chi connectivity index (χ3v) is 3.53. The topological polar surface area (TPSA) is 21.3 Å². The summed E-state index contributed by atoms with van der Waals surface area (Å²) in [5.74, 6) is 0.953. The van der Waals surface area contributed by atoms with Crippen molar-refractivity contribution in [2.75, 3.05) is 13.1 Å². The van der Waals surface area contributed by atoms with Gasteiger partial charge in [-0.3, -0.25) is 0 Å². The highest BCUT2D eigenvalue weighted by Crippen LogP contribution is 2.19. The molecular formula is C19H25NO. The van der Waals surface area contributed by atoms with Crippen molar-refractivity contribution in [1.29, 1.82) is 0 Å². The normalized spacial score (nSPS) is 10.6. The zero-order valence-electron chi connectivity index (χ0n) is 13.3. The lowest BCUT2D eigenvalue weighted by molar-refractivity contribution is 0.304. The van der Waals surface area contributed by atoms with E-state index in [0.29, 0.717) is 6.61 Å². The van der Waals surface area contributed by atoms with Crippen LogP contribution >= 0.6 is 0 Å². The summed E-state index contributed by atoms with van der Waals surface area (Å²) in [6.45, 7) is 8.99. The fourth-order valence-electron chi connectivity index (χ4n) is 2.52. The van der Waals surface area contributed by atoms with Crippen molar-refractivity contribution >= 4 is 0 Å². The van der Waals surface area contributed by atoms with Gasteiger partial charge in [-0.2, -0.15) is 0 Å². The highest BCUT2D eigenvalue weighted by atomic mass is 16.5. The van der Waals surface area contributed by atoms with Gasteiger partial charge in [0, 0.05) is 0 Å². The first kappa shape index (κ1) is 15.6. The van der Waals surface area contributed by atoms with Gasteiger partial charge in [0.1, 0.15) is 12.4 Å². The van der Waals surface area contributed by atoms with Crippen LogP contribution in [0.1, 0.15) is 29.2 Å². The fraction of sp³-hybridized carbons (Fsp3) is 0.368. The van der Waals surface area contributed by atoms with Crippen molar-refractivity contribution < 1.29 is 4.74 Å². The molecule has 2 aromatic carbocycles. The molecule has 0 radical (unpaired) electrons. The molecule has 0 aliphatic rings. The van der Waals surface area contributed by atoms with Crippen LogP contribution in [-0.4, -0.2) is 13.1 Å². The summed E-state index contributed by atoms with van der Waals surface area (Å²) < 4.78 is 5.98. The molecule has 0 amide bonds. The zero-order chi connectivity index (χ0) is 15.1. The van der Waals surface area contributed by atoms with Crippen molar-refractivity contribution in [2.45, 2.75) is 33.8 Å². The van der Waals surface area contributed by atoms with Gasteiger partial charge in [0.05, 0.1) is 0 Å². The Hall–Kier alpha value is -1.80. The van der Waals surface area contributed by atoms with Gasteiger partial charge in [0.15, 0.2) is 0 Å². The largest absolute Gasteiger partial charge is 0.489 e. The van der Waals surface area contributed by atoms with Crippen LogP contribution in [-0.2, 0) is 13.0 Å². The van der Waals surface area contributed by atoms with E-state index in [-0.39, 0.29) is 0 Å². The van der Waals surface area contributed by atoms with Gasteiger partial charge in [-0.05, 0) is 67.7 Å². The first-order chi connectivity index (χ1) is 10.2. The van der Waals surface area contributed by atoms with Gasteiger partial charge in [-0.1, -0.05) is 37.3 Å². The maximum Gasteiger partial charge on any atom is 0.120 e. The fourth-order valence-corrected chi connectivity index (χ4v) is 2.52. The summed E-state index contributed by atoms with van der Waals surface area (Å²) in [5.41, 5.74) is 5.12. The quantitative estimate of drug-likeness (QED) is 0.775. The van der Waals surface area contributed by atoms with E-state index in [9.17, 15) is 0 Å². The average molecular weight is 283 g/mol. The number of hydrogen-bond donors (Lipinski definition) is 1. The van der Waals surface area contributed by atoms with E-state index in [1.807, 2.05) is 0 Å². The number of hydrogen-bond acceptors (Lipinski definition) is 2. The van der Waals surface area contributed by atoms with Gasteiger partial charge < -0.3 is 10.1 Å². The number of benzene rings is 2.